The van der Waals surface area contributed by atoms with Crippen molar-refractivity contribution >= 4 is 46.4 Å². The van der Waals surface area contributed by atoms with Gasteiger partial charge in [-0.3, -0.25) is 19.4 Å². The van der Waals surface area contributed by atoms with Crippen LogP contribution in [0.25, 0.3) is 0 Å². The second-order valence-electron chi connectivity index (χ2n) is 9.53. The number of hydrogen-bond acceptors (Lipinski definition) is 4. The van der Waals surface area contributed by atoms with E-state index in [0.29, 0.717) is 24.9 Å². The predicted molar refractivity (Wildman–Crippen MR) is 153 cm³/mol. The van der Waals surface area contributed by atoms with Crippen LogP contribution >= 0.6 is 23.2 Å². The highest BCUT2D eigenvalue weighted by molar-refractivity contribution is 6.47. The topological polar surface area (TPSA) is 59.1 Å². The Hall–Kier alpha value is -2.12. The van der Waals surface area contributed by atoms with Crippen molar-refractivity contribution in [1.82, 2.24) is 0 Å². The Bertz CT molecular complexity index is 1070. The number of carbonyl (C=O) groups excluding carboxylic acids is 2. The molecular weight excluding hydrogens is 511 g/mol. The highest BCUT2D eigenvalue weighted by Gasteiger charge is 2.50. The van der Waals surface area contributed by atoms with Crippen molar-refractivity contribution in [3.63, 3.8) is 0 Å². The van der Waals surface area contributed by atoms with Crippen LogP contribution in [-0.2, 0) is 38.3 Å². The number of alkyl halides is 2. The van der Waals surface area contributed by atoms with Crippen LogP contribution in [0.15, 0.2) is 42.5 Å². The molecule has 204 valence electrons. The Balaban J connectivity index is 2.60. The summed E-state index contributed by atoms with van der Waals surface area (Å²) in [5.41, 5.74) is 3.25. The third kappa shape index (κ3) is 6.48. The molecule has 0 heterocycles. The fourth-order valence-corrected chi connectivity index (χ4v) is 4.78. The molecule has 2 aromatic carbocycles. The van der Waals surface area contributed by atoms with Crippen molar-refractivity contribution < 1.29 is 19.1 Å². The van der Waals surface area contributed by atoms with Gasteiger partial charge in [-0.1, -0.05) is 57.2 Å². The van der Waals surface area contributed by atoms with Crippen molar-refractivity contribution in [2.45, 2.75) is 76.8 Å². The highest BCUT2D eigenvalue weighted by Crippen LogP contribution is 2.37. The lowest BCUT2D eigenvalue weighted by molar-refractivity contribution is -0.129. The average Bonchev–Trinajstić information content (AvgIpc) is 2.90. The number of carbonyl (C=O) groups is 2. The minimum atomic E-state index is -1.80. The summed E-state index contributed by atoms with van der Waals surface area (Å²) in [7, 11) is 3.04. The fraction of sp³-hybridized carbons (Fsp3) is 0.517. The molecular formula is C29H40Cl2N2O4. The van der Waals surface area contributed by atoms with Gasteiger partial charge in [0.25, 0.3) is 5.91 Å². The summed E-state index contributed by atoms with van der Waals surface area (Å²) in [5.74, 6) is -1.05. The van der Waals surface area contributed by atoms with Gasteiger partial charge in [-0.05, 0) is 62.8 Å². The van der Waals surface area contributed by atoms with E-state index in [9.17, 15) is 9.59 Å². The van der Waals surface area contributed by atoms with Crippen LogP contribution in [0, 0.1) is 0 Å². The maximum Gasteiger partial charge on any atom is 0.252 e. The number of anilines is 2. The standard InChI is InChI=1S/C29H40Cl2N2O4/c1-9-20-15-12-13-18-23(20)33(28(4,5)37-8)27(35)29(6,31)25(30)26(34)32(19-36-7)24-21(10-2)16-14-17-22(24)11-3/h12-18,25H,9-11,19H2,1-8H3. The van der Waals surface area contributed by atoms with E-state index >= 15 is 0 Å². The number of halogens is 2. The lowest BCUT2D eigenvalue weighted by Gasteiger charge is -2.42. The normalized spacial score (nSPS) is 14.1. The predicted octanol–water partition coefficient (Wildman–Crippen LogP) is 6.33. The lowest BCUT2D eigenvalue weighted by Crippen LogP contribution is -2.60. The summed E-state index contributed by atoms with van der Waals surface area (Å²) >= 11 is 13.8. The molecule has 0 fully saturated rings. The molecule has 8 heteroatoms. The first-order chi connectivity index (χ1) is 17.4. The van der Waals surface area contributed by atoms with Crippen molar-refractivity contribution in [3.8, 4) is 0 Å². The zero-order valence-electron chi connectivity index (χ0n) is 23.2. The molecule has 0 aliphatic heterocycles. The molecule has 0 saturated carbocycles. The number of para-hydroxylation sites is 2. The molecule has 2 unspecified atom stereocenters. The van der Waals surface area contributed by atoms with Crippen LogP contribution in [0.5, 0.6) is 0 Å². The first-order valence-corrected chi connectivity index (χ1v) is 13.5. The molecule has 0 aromatic heterocycles. The van der Waals surface area contributed by atoms with E-state index < -0.39 is 27.8 Å². The van der Waals surface area contributed by atoms with Crippen molar-refractivity contribution in [2.24, 2.45) is 0 Å². The summed E-state index contributed by atoms with van der Waals surface area (Å²) < 4.78 is 11.1. The molecule has 0 aliphatic rings. The van der Waals surface area contributed by atoms with Gasteiger partial charge in [-0.15, -0.1) is 23.2 Å². The number of hydrogen-bond donors (Lipinski definition) is 0. The number of rotatable bonds is 12. The number of benzene rings is 2. The lowest BCUT2D eigenvalue weighted by atomic mass is 9.98. The van der Waals surface area contributed by atoms with E-state index in [0.717, 1.165) is 22.4 Å². The number of aryl methyl sites for hydroxylation is 3. The number of amides is 2. The molecule has 0 spiro atoms. The summed E-state index contributed by atoms with van der Waals surface area (Å²) in [5, 5.41) is -1.39. The number of methoxy groups -OCH3 is 2. The van der Waals surface area contributed by atoms with Gasteiger partial charge in [0.15, 0.2) is 0 Å². The Morgan fingerprint density at radius 1 is 0.892 bits per heavy atom. The molecule has 0 aliphatic carbocycles. The molecule has 0 saturated heterocycles. The average molecular weight is 552 g/mol. The molecule has 2 rings (SSSR count). The Morgan fingerprint density at radius 3 is 1.89 bits per heavy atom. The molecule has 0 bridgehead atoms. The first-order valence-electron chi connectivity index (χ1n) is 12.6. The summed E-state index contributed by atoms with van der Waals surface area (Å²) in [4.78, 5) is 29.3. The van der Waals surface area contributed by atoms with Crippen LogP contribution in [0.1, 0.15) is 58.2 Å². The molecule has 2 amide bonds. The summed E-state index contributed by atoms with van der Waals surface area (Å²) in [6.45, 7) is 11.1. The van der Waals surface area contributed by atoms with Crippen molar-refractivity contribution in [1.29, 1.82) is 0 Å². The Morgan fingerprint density at radius 2 is 1.41 bits per heavy atom. The molecule has 37 heavy (non-hydrogen) atoms. The highest BCUT2D eigenvalue weighted by atomic mass is 35.5. The third-order valence-corrected chi connectivity index (χ3v) is 7.84. The minimum absolute atomic E-state index is 0.0286. The monoisotopic (exact) mass is 550 g/mol. The van der Waals surface area contributed by atoms with Crippen molar-refractivity contribution in [2.75, 3.05) is 30.8 Å². The smallest absolute Gasteiger partial charge is 0.252 e. The van der Waals surface area contributed by atoms with Gasteiger partial charge in [0.2, 0.25) is 5.91 Å². The molecule has 2 atom stereocenters. The maximum absolute atomic E-state index is 14.2. The molecule has 0 N–H and O–H groups in total. The second-order valence-corrected chi connectivity index (χ2v) is 10.7. The van der Waals surface area contributed by atoms with Crippen LogP contribution in [0.4, 0.5) is 11.4 Å². The van der Waals surface area contributed by atoms with Crippen LogP contribution in [-0.4, -0.2) is 48.7 Å². The second kappa shape index (κ2) is 13.1. The van der Waals surface area contributed by atoms with Gasteiger partial charge in [-0.2, -0.15) is 0 Å². The summed E-state index contributed by atoms with van der Waals surface area (Å²) in [6, 6.07) is 13.5. The quantitative estimate of drug-likeness (QED) is 0.229. The van der Waals surface area contributed by atoms with E-state index in [2.05, 4.69) is 0 Å². The van der Waals surface area contributed by atoms with Crippen molar-refractivity contribution in [3.05, 3.63) is 59.2 Å². The fourth-order valence-electron chi connectivity index (χ4n) is 4.39. The zero-order chi connectivity index (χ0) is 28.0. The molecule has 0 radical (unpaired) electrons. The van der Waals surface area contributed by atoms with Gasteiger partial charge < -0.3 is 9.47 Å². The van der Waals surface area contributed by atoms with Crippen LogP contribution in [0.3, 0.4) is 0 Å². The molecule has 2 aromatic rings. The van der Waals surface area contributed by atoms with E-state index in [4.69, 9.17) is 32.7 Å². The van der Waals surface area contributed by atoms with E-state index in [-0.39, 0.29) is 6.73 Å². The first kappa shape index (κ1) is 31.1. The number of nitrogens with zero attached hydrogens (tertiary/aromatic N) is 2. The maximum atomic E-state index is 14.2. The third-order valence-electron chi connectivity index (χ3n) is 6.72. The van der Waals surface area contributed by atoms with E-state index in [1.807, 2.05) is 63.2 Å². The van der Waals surface area contributed by atoms with Gasteiger partial charge in [0.05, 0.1) is 5.69 Å². The van der Waals surface area contributed by atoms with Crippen LogP contribution < -0.4 is 9.80 Å². The van der Waals surface area contributed by atoms with Crippen LogP contribution in [0.2, 0.25) is 0 Å². The van der Waals surface area contributed by atoms with Gasteiger partial charge in [0.1, 0.15) is 22.7 Å². The van der Waals surface area contributed by atoms with Gasteiger partial charge >= 0.3 is 0 Å². The summed E-state index contributed by atoms with van der Waals surface area (Å²) in [6.07, 6.45) is 2.12. The SMILES string of the molecule is CCc1ccccc1N(C(=O)C(C)(Cl)C(Cl)C(=O)N(COC)c1c(CC)cccc1CC)C(C)(C)OC. The van der Waals surface area contributed by atoms with E-state index in [1.165, 1.54) is 30.9 Å². The molecule has 6 nitrogen and oxygen atoms in total. The Labute approximate surface area is 231 Å². The van der Waals surface area contributed by atoms with Gasteiger partial charge in [0, 0.05) is 19.9 Å². The Kier molecular flexibility index (Phi) is 11.0. The van der Waals surface area contributed by atoms with E-state index in [1.54, 1.807) is 13.8 Å². The van der Waals surface area contributed by atoms with Gasteiger partial charge in [-0.25, -0.2) is 0 Å². The minimum Gasteiger partial charge on any atom is -0.364 e. The zero-order valence-corrected chi connectivity index (χ0v) is 24.7. The largest absolute Gasteiger partial charge is 0.364 e. The number of ether oxygens (including phenoxy) is 2.